The zero-order chi connectivity index (χ0) is 13.9. The number of benzene rings is 1. The van der Waals surface area contributed by atoms with Crippen molar-refractivity contribution in [1.82, 2.24) is 5.32 Å². The third kappa shape index (κ3) is 3.80. The fraction of sp³-hybridized carbons (Fsp3) is 0.533. The summed E-state index contributed by atoms with van der Waals surface area (Å²) in [6.07, 6.45) is 2.11. The number of carbonyl (C=O) groups excluding carboxylic acids is 1. The quantitative estimate of drug-likeness (QED) is 0.866. The third-order valence-corrected chi connectivity index (χ3v) is 4.29. The summed E-state index contributed by atoms with van der Waals surface area (Å²) in [5.74, 6) is 0.184. The second-order valence-corrected chi connectivity index (χ2v) is 6.44. The summed E-state index contributed by atoms with van der Waals surface area (Å²) < 4.78 is 6.68. The highest BCUT2D eigenvalue weighted by atomic mass is 79.9. The van der Waals surface area contributed by atoms with Crippen LogP contribution in [0.25, 0.3) is 0 Å². The number of nitrogens with one attached hydrogen (secondary N) is 1. The van der Waals surface area contributed by atoms with E-state index >= 15 is 0 Å². The molecule has 4 heteroatoms. The first-order valence-corrected chi connectivity index (χ1v) is 7.48. The molecular weight excluding hydrogens is 306 g/mol. The van der Waals surface area contributed by atoms with E-state index in [9.17, 15) is 4.79 Å². The second kappa shape index (κ2) is 6.06. The van der Waals surface area contributed by atoms with Crippen molar-refractivity contribution >= 4 is 21.9 Å². The van der Waals surface area contributed by atoms with E-state index < -0.39 is 5.60 Å². The largest absolute Gasteiger partial charge is 0.456 e. The molecule has 0 unspecified atom stereocenters. The van der Waals surface area contributed by atoms with Crippen LogP contribution in [0.1, 0.15) is 37.0 Å². The molecule has 0 radical (unpaired) electrons. The van der Waals surface area contributed by atoms with Gasteiger partial charge in [0.15, 0.2) is 0 Å². The first-order valence-electron chi connectivity index (χ1n) is 6.69. The summed E-state index contributed by atoms with van der Waals surface area (Å²) >= 11 is 3.36. The Morgan fingerprint density at radius 1 is 1.26 bits per heavy atom. The Kier molecular flexibility index (Phi) is 4.63. The summed E-state index contributed by atoms with van der Waals surface area (Å²) in [5.41, 5.74) is 0.192. The van der Waals surface area contributed by atoms with Gasteiger partial charge in [-0.25, -0.2) is 4.79 Å². The van der Waals surface area contributed by atoms with Gasteiger partial charge in [0, 0.05) is 10.4 Å². The van der Waals surface area contributed by atoms with Crippen LogP contribution in [0, 0.1) is 5.92 Å². The van der Waals surface area contributed by atoms with Crippen LogP contribution in [0.5, 0.6) is 0 Å². The van der Waals surface area contributed by atoms with E-state index in [1.807, 2.05) is 26.0 Å². The molecule has 1 saturated heterocycles. The van der Waals surface area contributed by atoms with Crippen LogP contribution in [0.2, 0.25) is 0 Å². The topological polar surface area (TPSA) is 38.3 Å². The van der Waals surface area contributed by atoms with Crippen molar-refractivity contribution in [3.05, 3.63) is 34.3 Å². The van der Waals surface area contributed by atoms with Crippen molar-refractivity contribution in [2.75, 3.05) is 13.1 Å². The lowest BCUT2D eigenvalue weighted by molar-refractivity contribution is -0.0368. The van der Waals surface area contributed by atoms with Crippen LogP contribution < -0.4 is 5.32 Å². The number of hydrogen-bond acceptors (Lipinski definition) is 3. The Morgan fingerprint density at radius 2 is 1.84 bits per heavy atom. The Morgan fingerprint density at radius 3 is 2.42 bits per heavy atom. The van der Waals surface area contributed by atoms with Gasteiger partial charge in [-0.1, -0.05) is 15.9 Å². The van der Waals surface area contributed by atoms with E-state index in [-0.39, 0.29) is 5.97 Å². The number of carbonyl (C=O) groups is 1. The molecule has 0 atom stereocenters. The van der Waals surface area contributed by atoms with E-state index in [1.54, 1.807) is 12.1 Å². The van der Waals surface area contributed by atoms with Gasteiger partial charge in [0.25, 0.3) is 0 Å². The van der Waals surface area contributed by atoms with Gasteiger partial charge in [0.2, 0.25) is 0 Å². The molecule has 0 spiro atoms. The molecular formula is C15H20BrNO2. The van der Waals surface area contributed by atoms with E-state index in [4.69, 9.17) is 4.74 Å². The lowest BCUT2D eigenvalue weighted by atomic mass is 9.83. The maximum Gasteiger partial charge on any atom is 0.338 e. The first-order chi connectivity index (χ1) is 8.99. The predicted octanol–water partition coefficient (Wildman–Crippen LogP) is 3.38. The van der Waals surface area contributed by atoms with Crippen molar-refractivity contribution < 1.29 is 9.53 Å². The van der Waals surface area contributed by atoms with Crippen molar-refractivity contribution in [1.29, 1.82) is 0 Å². The predicted molar refractivity (Wildman–Crippen MR) is 79.2 cm³/mol. The molecule has 0 aromatic heterocycles. The standard InChI is InChI=1S/C15H20BrNO2/c1-15(2,12-7-9-17-10-8-12)19-14(18)11-3-5-13(16)6-4-11/h3-6,12,17H,7-10H2,1-2H3. The van der Waals surface area contributed by atoms with Gasteiger partial charge < -0.3 is 10.1 Å². The number of rotatable bonds is 3. The average Bonchev–Trinajstić information content (AvgIpc) is 2.40. The molecule has 2 rings (SSSR count). The van der Waals surface area contributed by atoms with Crippen LogP contribution in [-0.2, 0) is 4.74 Å². The maximum absolute atomic E-state index is 12.2. The normalized spacial score (nSPS) is 17.2. The molecule has 0 bridgehead atoms. The molecule has 1 N–H and O–H groups in total. The molecule has 1 fully saturated rings. The number of hydrogen-bond donors (Lipinski definition) is 1. The van der Waals surface area contributed by atoms with Gasteiger partial charge in [-0.2, -0.15) is 0 Å². The number of piperidine rings is 1. The summed E-state index contributed by atoms with van der Waals surface area (Å²) in [4.78, 5) is 12.2. The number of esters is 1. The Hall–Kier alpha value is -0.870. The zero-order valence-corrected chi connectivity index (χ0v) is 13.0. The van der Waals surface area contributed by atoms with E-state index in [0.717, 1.165) is 30.4 Å². The van der Waals surface area contributed by atoms with Gasteiger partial charge in [-0.15, -0.1) is 0 Å². The number of ether oxygens (including phenoxy) is 1. The molecule has 0 saturated carbocycles. The Bertz CT molecular complexity index is 436. The fourth-order valence-corrected chi connectivity index (χ4v) is 2.75. The highest BCUT2D eigenvalue weighted by Crippen LogP contribution is 2.29. The molecule has 1 aromatic carbocycles. The molecule has 1 aromatic rings. The maximum atomic E-state index is 12.2. The van der Waals surface area contributed by atoms with Crippen LogP contribution in [0.4, 0.5) is 0 Å². The summed E-state index contributed by atoms with van der Waals surface area (Å²) in [6.45, 7) is 6.04. The minimum Gasteiger partial charge on any atom is -0.456 e. The van der Waals surface area contributed by atoms with E-state index in [0.29, 0.717) is 11.5 Å². The van der Waals surface area contributed by atoms with Crippen LogP contribution in [0.3, 0.4) is 0 Å². The van der Waals surface area contributed by atoms with Crippen molar-refractivity contribution in [2.24, 2.45) is 5.92 Å². The monoisotopic (exact) mass is 325 g/mol. The smallest absolute Gasteiger partial charge is 0.338 e. The van der Waals surface area contributed by atoms with Gasteiger partial charge in [0.1, 0.15) is 5.60 Å². The average molecular weight is 326 g/mol. The van der Waals surface area contributed by atoms with Crippen LogP contribution >= 0.6 is 15.9 Å². The minimum absolute atomic E-state index is 0.240. The minimum atomic E-state index is -0.410. The molecule has 104 valence electrons. The van der Waals surface area contributed by atoms with Crippen molar-refractivity contribution in [3.8, 4) is 0 Å². The summed E-state index contributed by atoms with van der Waals surface area (Å²) in [5, 5.41) is 3.33. The molecule has 3 nitrogen and oxygen atoms in total. The zero-order valence-electron chi connectivity index (χ0n) is 11.4. The molecule has 19 heavy (non-hydrogen) atoms. The molecule has 0 amide bonds. The SMILES string of the molecule is CC(C)(OC(=O)c1ccc(Br)cc1)C1CCNCC1. The lowest BCUT2D eigenvalue weighted by Crippen LogP contribution is -2.42. The third-order valence-electron chi connectivity index (χ3n) is 3.76. The Labute approximate surface area is 122 Å². The molecule has 1 heterocycles. The molecule has 1 aliphatic rings. The van der Waals surface area contributed by atoms with E-state index in [2.05, 4.69) is 21.2 Å². The van der Waals surface area contributed by atoms with E-state index in [1.165, 1.54) is 0 Å². The second-order valence-electron chi connectivity index (χ2n) is 5.52. The van der Waals surface area contributed by atoms with Crippen molar-refractivity contribution in [3.63, 3.8) is 0 Å². The van der Waals surface area contributed by atoms with Crippen LogP contribution in [-0.4, -0.2) is 24.7 Å². The van der Waals surface area contributed by atoms with Crippen molar-refractivity contribution in [2.45, 2.75) is 32.3 Å². The highest BCUT2D eigenvalue weighted by molar-refractivity contribution is 9.10. The fourth-order valence-electron chi connectivity index (χ4n) is 2.48. The first kappa shape index (κ1) is 14.5. The van der Waals surface area contributed by atoms with Gasteiger partial charge in [-0.3, -0.25) is 0 Å². The number of halogens is 1. The lowest BCUT2D eigenvalue weighted by Gasteiger charge is -2.36. The van der Waals surface area contributed by atoms with Gasteiger partial charge in [0.05, 0.1) is 5.56 Å². The van der Waals surface area contributed by atoms with Gasteiger partial charge in [-0.05, 0) is 64.0 Å². The van der Waals surface area contributed by atoms with Crippen LogP contribution in [0.15, 0.2) is 28.7 Å². The highest BCUT2D eigenvalue weighted by Gasteiger charge is 2.34. The summed E-state index contributed by atoms with van der Waals surface area (Å²) in [6, 6.07) is 7.28. The van der Waals surface area contributed by atoms with Gasteiger partial charge >= 0.3 is 5.97 Å². The Balaban J connectivity index is 2.02. The summed E-state index contributed by atoms with van der Waals surface area (Å²) in [7, 11) is 0. The molecule has 0 aliphatic carbocycles. The molecule has 1 aliphatic heterocycles.